The summed E-state index contributed by atoms with van der Waals surface area (Å²) in [5.74, 6) is 0.527. The summed E-state index contributed by atoms with van der Waals surface area (Å²) in [5.41, 5.74) is 2.98. The van der Waals surface area contributed by atoms with Crippen LogP contribution in [0.5, 0.6) is 0 Å². The number of hydrazine groups is 1. The van der Waals surface area contributed by atoms with E-state index in [0.717, 1.165) is 19.3 Å². The van der Waals surface area contributed by atoms with Crippen LogP contribution in [0.2, 0.25) is 0 Å². The smallest absolute Gasteiger partial charge is 0.259 e. The molecule has 0 spiro atoms. The topological polar surface area (TPSA) is 62.3 Å². The minimum absolute atomic E-state index is 0.288. The lowest BCUT2D eigenvalue weighted by Crippen LogP contribution is -2.37. The first-order chi connectivity index (χ1) is 14.1. The highest BCUT2D eigenvalue weighted by molar-refractivity contribution is 7.89. The molecule has 1 heterocycles. The maximum absolute atomic E-state index is 13.1. The molecule has 1 aromatic carbocycles. The van der Waals surface area contributed by atoms with Crippen LogP contribution in [0.25, 0.3) is 0 Å². The van der Waals surface area contributed by atoms with Crippen molar-refractivity contribution in [3.05, 3.63) is 54.7 Å². The van der Waals surface area contributed by atoms with Crippen molar-refractivity contribution in [1.29, 1.82) is 0 Å². The van der Waals surface area contributed by atoms with Gasteiger partial charge < -0.3 is 0 Å². The Morgan fingerprint density at radius 3 is 1.97 bits per heavy atom. The molecule has 0 aliphatic carbocycles. The van der Waals surface area contributed by atoms with Crippen LogP contribution in [-0.2, 0) is 10.0 Å². The number of nitrogens with zero attached hydrogens (tertiary/aromatic N) is 2. The summed E-state index contributed by atoms with van der Waals surface area (Å²) in [7, 11) is -3.63. The molecular weight excluding hydrogens is 382 g/mol. The summed E-state index contributed by atoms with van der Waals surface area (Å²) in [6, 6.07) is 14.0. The van der Waals surface area contributed by atoms with Crippen LogP contribution < -0.4 is 5.43 Å². The van der Waals surface area contributed by atoms with Gasteiger partial charge in [0.05, 0.1) is 4.90 Å². The molecule has 160 valence electrons. The first-order valence-electron chi connectivity index (χ1n) is 10.9. The third kappa shape index (κ3) is 8.54. The van der Waals surface area contributed by atoms with Crippen LogP contribution >= 0.6 is 0 Å². The molecule has 0 unspecified atom stereocenters. The Labute approximate surface area is 176 Å². The van der Waals surface area contributed by atoms with Crippen molar-refractivity contribution in [2.75, 3.05) is 12.0 Å². The van der Waals surface area contributed by atoms with Crippen LogP contribution in [0, 0.1) is 0 Å². The number of hydrogen-bond acceptors (Lipinski definition) is 4. The summed E-state index contributed by atoms with van der Waals surface area (Å²) < 4.78 is 27.5. The molecule has 0 saturated carbocycles. The second-order valence-electron chi connectivity index (χ2n) is 7.40. The van der Waals surface area contributed by atoms with Crippen molar-refractivity contribution in [3.63, 3.8) is 0 Å². The molecule has 1 aromatic heterocycles. The maximum Gasteiger partial charge on any atom is 0.259 e. The molecule has 0 aliphatic heterocycles. The minimum atomic E-state index is -3.63. The SMILES string of the molecule is CCCCCCCCCCCCN(Nc1ccccn1)S(=O)(=O)c1ccccc1. The van der Waals surface area contributed by atoms with E-state index in [1.165, 1.54) is 49.4 Å². The fourth-order valence-electron chi connectivity index (χ4n) is 3.26. The normalized spacial score (nSPS) is 11.7. The van der Waals surface area contributed by atoms with Crippen LogP contribution in [0.15, 0.2) is 59.6 Å². The molecule has 29 heavy (non-hydrogen) atoms. The van der Waals surface area contributed by atoms with Crippen LogP contribution in [0.3, 0.4) is 0 Å². The van der Waals surface area contributed by atoms with E-state index in [-0.39, 0.29) is 4.90 Å². The average molecular weight is 418 g/mol. The summed E-state index contributed by atoms with van der Waals surface area (Å²) in [5, 5.41) is 0. The van der Waals surface area contributed by atoms with Gasteiger partial charge in [0.2, 0.25) is 0 Å². The molecule has 0 atom stereocenters. The highest BCUT2D eigenvalue weighted by Gasteiger charge is 2.24. The molecule has 0 saturated heterocycles. The van der Waals surface area contributed by atoms with Gasteiger partial charge in [0.25, 0.3) is 10.0 Å². The number of anilines is 1. The highest BCUT2D eigenvalue weighted by Crippen LogP contribution is 2.18. The molecule has 1 N–H and O–H groups in total. The number of unbranched alkanes of at least 4 members (excludes halogenated alkanes) is 9. The molecule has 0 radical (unpaired) electrons. The zero-order valence-corrected chi connectivity index (χ0v) is 18.4. The number of rotatable bonds is 15. The van der Waals surface area contributed by atoms with E-state index in [1.54, 1.807) is 36.5 Å². The molecule has 6 heteroatoms. The number of benzene rings is 1. The van der Waals surface area contributed by atoms with Gasteiger partial charge in [0.15, 0.2) is 0 Å². The zero-order valence-electron chi connectivity index (χ0n) is 17.6. The number of aromatic nitrogens is 1. The first kappa shape index (κ1) is 23.4. The van der Waals surface area contributed by atoms with Crippen molar-refractivity contribution in [2.45, 2.75) is 76.0 Å². The van der Waals surface area contributed by atoms with Crippen molar-refractivity contribution in [3.8, 4) is 0 Å². The van der Waals surface area contributed by atoms with Crippen molar-refractivity contribution < 1.29 is 8.42 Å². The van der Waals surface area contributed by atoms with E-state index in [1.807, 2.05) is 18.2 Å². The molecule has 0 amide bonds. The van der Waals surface area contributed by atoms with E-state index < -0.39 is 10.0 Å². The fraction of sp³-hybridized carbons (Fsp3) is 0.522. The first-order valence-corrected chi connectivity index (χ1v) is 12.3. The fourth-order valence-corrected chi connectivity index (χ4v) is 4.59. The van der Waals surface area contributed by atoms with Crippen LogP contribution in [0.4, 0.5) is 5.82 Å². The second kappa shape index (κ2) is 13.3. The van der Waals surface area contributed by atoms with Gasteiger partial charge >= 0.3 is 0 Å². The second-order valence-corrected chi connectivity index (χ2v) is 9.26. The largest absolute Gasteiger partial charge is 0.289 e. The Morgan fingerprint density at radius 2 is 1.38 bits per heavy atom. The molecule has 0 fully saturated rings. The van der Waals surface area contributed by atoms with Crippen molar-refractivity contribution in [2.24, 2.45) is 0 Å². The van der Waals surface area contributed by atoms with Gasteiger partial charge in [0, 0.05) is 12.7 Å². The lowest BCUT2D eigenvalue weighted by molar-refractivity contribution is 0.442. The predicted octanol–water partition coefficient (Wildman–Crippen LogP) is 6.02. The van der Waals surface area contributed by atoms with Crippen molar-refractivity contribution >= 4 is 15.8 Å². The van der Waals surface area contributed by atoms with Crippen LogP contribution in [0.1, 0.15) is 71.1 Å². The standard InChI is InChI=1S/C23H35N3O2S/c1-2-3-4-5-6-7-8-9-10-16-21-26(25-23-19-14-15-20-24-23)29(27,28)22-17-12-11-13-18-22/h11-15,17-20H,2-10,16,21H2,1H3,(H,24,25). The Balaban J connectivity index is 1.83. The van der Waals surface area contributed by atoms with Gasteiger partial charge in [-0.05, 0) is 30.7 Å². The molecule has 0 bridgehead atoms. The summed E-state index contributed by atoms with van der Waals surface area (Å²) in [4.78, 5) is 4.50. The van der Waals surface area contributed by atoms with Gasteiger partial charge in [-0.25, -0.2) is 13.4 Å². The Morgan fingerprint density at radius 1 is 0.793 bits per heavy atom. The zero-order chi connectivity index (χ0) is 20.8. The molecule has 2 aromatic rings. The number of nitrogens with one attached hydrogen (secondary N) is 1. The quantitative estimate of drug-likeness (QED) is 0.284. The predicted molar refractivity (Wildman–Crippen MR) is 120 cm³/mol. The Kier molecular flexibility index (Phi) is 10.7. The Hall–Kier alpha value is -1.92. The lowest BCUT2D eigenvalue weighted by Gasteiger charge is -2.23. The van der Waals surface area contributed by atoms with E-state index in [9.17, 15) is 8.42 Å². The third-order valence-corrected chi connectivity index (χ3v) is 6.67. The van der Waals surface area contributed by atoms with E-state index >= 15 is 0 Å². The molecular formula is C23H35N3O2S. The summed E-state index contributed by atoms with van der Waals surface area (Å²) in [6.07, 6.45) is 13.8. The summed E-state index contributed by atoms with van der Waals surface area (Å²) in [6.45, 7) is 2.66. The van der Waals surface area contributed by atoms with Gasteiger partial charge in [-0.3, -0.25) is 5.43 Å². The lowest BCUT2D eigenvalue weighted by atomic mass is 10.1. The maximum atomic E-state index is 13.1. The van der Waals surface area contributed by atoms with E-state index in [4.69, 9.17) is 0 Å². The van der Waals surface area contributed by atoms with E-state index in [2.05, 4.69) is 17.3 Å². The van der Waals surface area contributed by atoms with Gasteiger partial charge in [-0.15, -0.1) is 4.41 Å². The van der Waals surface area contributed by atoms with Gasteiger partial charge in [-0.1, -0.05) is 89.0 Å². The monoisotopic (exact) mass is 417 g/mol. The van der Waals surface area contributed by atoms with Gasteiger partial charge in [0.1, 0.15) is 5.82 Å². The van der Waals surface area contributed by atoms with Crippen LogP contribution in [-0.4, -0.2) is 24.4 Å². The number of sulfonamides is 1. The average Bonchev–Trinajstić information content (AvgIpc) is 2.75. The highest BCUT2D eigenvalue weighted by atomic mass is 32.2. The van der Waals surface area contributed by atoms with Gasteiger partial charge in [-0.2, -0.15) is 0 Å². The summed E-state index contributed by atoms with van der Waals surface area (Å²) >= 11 is 0. The van der Waals surface area contributed by atoms with Crippen molar-refractivity contribution in [1.82, 2.24) is 9.40 Å². The molecule has 5 nitrogen and oxygen atoms in total. The molecule has 0 aliphatic rings. The molecule has 2 rings (SSSR count). The number of pyridine rings is 1. The third-order valence-electron chi connectivity index (χ3n) is 4.95. The minimum Gasteiger partial charge on any atom is -0.289 e. The Bertz CT molecular complexity index is 767. The number of hydrogen-bond donors (Lipinski definition) is 1. The van der Waals surface area contributed by atoms with E-state index in [0.29, 0.717) is 12.4 Å².